The molecule has 3 aromatic rings. The number of benzene rings is 2. The van der Waals surface area contributed by atoms with Crippen LogP contribution in [-0.2, 0) is 4.79 Å². The second-order valence-corrected chi connectivity index (χ2v) is 7.67. The standard InChI is InChI=1S/C22H20O6S/c1-13(2)16-5-3-4-6-19(16)29-21-17(23)11-18(28-22(21)26)14-7-9-15(10-8-14)27-12-20(24)25/h3-11,13,23H,12H2,1-2H3,(H,24,25). The van der Waals surface area contributed by atoms with Crippen LogP contribution in [0.2, 0.25) is 0 Å². The van der Waals surface area contributed by atoms with Gasteiger partial charge >= 0.3 is 11.6 Å². The molecule has 1 heterocycles. The smallest absolute Gasteiger partial charge is 0.354 e. The Kier molecular flexibility index (Phi) is 6.29. The maximum atomic E-state index is 12.5. The van der Waals surface area contributed by atoms with Gasteiger partial charge in [0.15, 0.2) is 6.61 Å². The first kappa shape index (κ1) is 20.5. The highest BCUT2D eigenvalue weighted by molar-refractivity contribution is 7.99. The van der Waals surface area contributed by atoms with Crippen molar-refractivity contribution in [3.8, 4) is 22.8 Å². The van der Waals surface area contributed by atoms with Crippen molar-refractivity contribution in [2.75, 3.05) is 6.61 Å². The molecule has 0 saturated carbocycles. The predicted molar refractivity (Wildman–Crippen MR) is 110 cm³/mol. The fourth-order valence-corrected chi connectivity index (χ4v) is 3.80. The van der Waals surface area contributed by atoms with Gasteiger partial charge in [-0.05, 0) is 41.8 Å². The lowest BCUT2D eigenvalue weighted by Gasteiger charge is -2.12. The molecule has 0 unspecified atom stereocenters. The first-order chi connectivity index (χ1) is 13.8. The zero-order valence-corrected chi connectivity index (χ0v) is 16.7. The van der Waals surface area contributed by atoms with Crippen LogP contribution in [0.4, 0.5) is 0 Å². The van der Waals surface area contributed by atoms with Crippen molar-refractivity contribution in [3.63, 3.8) is 0 Å². The average Bonchev–Trinajstić information content (AvgIpc) is 2.69. The fourth-order valence-electron chi connectivity index (χ4n) is 2.73. The Bertz CT molecular complexity index is 1070. The van der Waals surface area contributed by atoms with Crippen LogP contribution in [0.1, 0.15) is 25.3 Å². The summed E-state index contributed by atoms with van der Waals surface area (Å²) in [6.07, 6.45) is 0. The molecule has 0 aliphatic rings. The van der Waals surface area contributed by atoms with Gasteiger partial charge in [0.1, 0.15) is 22.2 Å². The third-order valence-electron chi connectivity index (χ3n) is 4.14. The molecule has 0 fully saturated rings. The Morgan fingerprint density at radius 3 is 2.45 bits per heavy atom. The van der Waals surface area contributed by atoms with Gasteiger partial charge in [0.25, 0.3) is 0 Å². The van der Waals surface area contributed by atoms with Gasteiger partial charge in [-0.25, -0.2) is 9.59 Å². The van der Waals surface area contributed by atoms with Crippen molar-refractivity contribution in [3.05, 3.63) is 70.6 Å². The van der Waals surface area contributed by atoms with E-state index in [1.54, 1.807) is 24.3 Å². The van der Waals surface area contributed by atoms with E-state index in [2.05, 4.69) is 13.8 Å². The molecular formula is C22H20O6S. The number of hydrogen-bond donors (Lipinski definition) is 2. The van der Waals surface area contributed by atoms with Crippen molar-refractivity contribution >= 4 is 17.7 Å². The molecule has 0 atom stereocenters. The lowest BCUT2D eigenvalue weighted by molar-refractivity contribution is -0.139. The second kappa shape index (κ2) is 8.87. The van der Waals surface area contributed by atoms with Crippen molar-refractivity contribution < 1.29 is 24.2 Å². The predicted octanol–water partition coefficient (Wildman–Crippen LogP) is 4.75. The highest BCUT2D eigenvalue weighted by Crippen LogP contribution is 2.37. The van der Waals surface area contributed by atoms with Crippen LogP contribution in [0.25, 0.3) is 11.3 Å². The van der Waals surface area contributed by atoms with Crippen molar-refractivity contribution in [2.45, 2.75) is 29.6 Å². The summed E-state index contributed by atoms with van der Waals surface area (Å²) in [4.78, 5) is 24.1. The third kappa shape index (κ3) is 5.00. The molecule has 2 aromatic carbocycles. The molecule has 0 spiro atoms. The van der Waals surface area contributed by atoms with Crippen LogP contribution >= 0.6 is 11.8 Å². The van der Waals surface area contributed by atoms with Gasteiger partial charge in [0.2, 0.25) is 0 Å². The molecule has 0 radical (unpaired) electrons. The Morgan fingerprint density at radius 2 is 1.83 bits per heavy atom. The molecule has 7 heteroatoms. The van der Waals surface area contributed by atoms with Crippen LogP contribution in [0, 0.1) is 0 Å². The Labute approximate surface area is 171 Å². The van der Waals surface area contributed by atoms with E-state index in [-0.39, 0.29) is 22.3 Å². The first-order valence-corrected chi connectivity index (χ1v) is 9.75. The summed E-state index contributed by atoms with van der Waals surface area (Å²) >= 11 is 1.18. The maximum absolute atomic E-state index is 12.5. The van der Waals surface area contributed by atoms with E-state index in [1.807, 2.05) is 24.3 Å². The summed E-state index contributed by atoms with van der Waals surface area (Å²) in [5.41, 5.74) is 1.01. The number of aromatic hydroxyl groups is 1. The van der Waals surface area contributed by atoms with Gasteiger partial charge in [0, 0.05) is 16.5 Å². The van der Waals surface area contributed by atoms with E-state index < -0.39 is 18.2 Å². The summed E-state index contributed by atoms with van der Waals surface area (Å²) < 4.78 is 10.5. The molecule has 0 saturated heterocycles. The van der Waals surface area contributed by atoms with E-state index in [4.69, 9.17) is 14.3 Å². The Hall–Kier alpha value is -3.19. The maximum Gasteiger partial charge on any atom is 0.354 e. The third-order valence-corrected chi connectivity index (χ3v) is 5.31. The zero-order valence-electron chi connectivity index (χ0n) is 15.9. The summed E-state index contributed by atoms with van der Waals surface area (Å²) in [6.45, 7) is 3.68. The van der Waals surface area contributed by atoms with Gasteiger partial charge in [0.05, 0.1) is 0 Å². The number of hydrogen-bond acceptors (Lipinski definition) is 6. The van der Waals surface area contributed by atoms with Crippen molar-refractivity contribution in [1.82, 2.24) is 0 Å². The molecule has 0 bridgehead atoms. The Morgan fingerprint density at radius 1 is 1.14 bits per heavy atom. The van der Waals surface area contributed by atoms with E-state index >= 15 is 0 Å². The van der Waals surface area contributed by atoms with Crippen LogP contribution in [-0.4, -0.2) is 22.8 Å². The summed E-state index contributed by atoms with van der Waals surface area (Å²) in [7, 11) is 0. The minimum absolute atomic E-state index is 0.128. The van der Waals surface area contributed by atoms with E-state index in [1.165, 1.54) is 17.8 Å². The largest absolute Gasteiger partial charge is 0.506 e. The minimum Gasteiger partial charge on any atom is -0.506 e. The zero-order chi connectivity index (χ0) is 21.0. The lowest BCUT2D eigenvalue weighted by atomic mass is 10.0. The van der Waals surface area contributed by atoms with Crippen LogP contribution in [0.15, 0.2) is 73.6 Å². The first-order valence-electron chi connectivity index (χ1n) is 8.94. The van der Waals surface area contributed by atoms with Gasteiger partial charge in [-0.1, -0.05) is 43.8 Å². The van der Waals surface area contributed by atoms with Gasteiger partial charge in [-0.3, -0.25) is 0 Å². The summed E-state index contributed by atoms with van der Waals surface area (Å²) in [5.74, 6) is -0.379. The molecule has 150 valence electrons. The van der Waals surface area contributed by atoms with Crippen molar-refractivity contribution in [2.24, 2.45) is 0 Å². The average molecular weight is 412 g/mol. The second-order valence-electron chi connectivity index (χ2n) is 6.61. The number of aliphatic carboxylic acids is 1. The highest BCUT2D eigenvalue weighted by Gasteiger charge is 2.16. The molecule has 3 rings (SSSR count). The molecular weight excluding hydrogens is 392 g/mol. The molecule has 6 nitrogen and oxygen atoms in total. The van der Waals surface area contributed by atoms with Crippen LogP contribution < -0.4 is 10.4 Å². The van der Waals surface area contributed by atoms with Crippen LogP contribution in [0.5, 0.6) is 11.5 Å². The Balaban J connectivity index is 1.87. The molecule has 2 N–H and O–H groups in total. The van der Waals surface area contributed by atoms with Crippen molar-refractivity contribution in [1.29, 1.82) is 0 Å². The summed E-state index contributed by atoms with van der Waals surface area (Å²) in [5, 5.41) is 19.1. The van der Waals surface area contributed by atoms with E-state index in [0.29, 0.717) is 11.3 Å². The highest BCUT2D eigenvalue weighted by atomic mass is 32.2. The minimum atomic E-state index is -1.07. The quantitative estimate of drug-likeness (QED) is 0.578. The molecule has 1 aromatic heterocycles. The molecule has 29 heavy (non-hydrogen) atoms. The number of carbonyl (C=O) groups is 1. The molecule has 0 aliphatic heterocycles. The van der Waals surface area contributed by atoms with Gasteiger partial charge < -0.3 is 19.4 Å². The van der Waals surface area contributed by atoms with Gasteiger partial charge in [-0.2, -0.15) is 0 Å². The van der Waals surface area contributed by atoms with Crippen LogP contribution in [0.3, 0.4) is 0 Å². The summed E-state index contributed by atoms with van der Waals surface area (Å²) in [6, 6.07) is 15.5. The monoisotopic (exact) mass is 412 g/mol. The number of rotatable bonds is 7. The number of carboxylic acids is 1. The lowest BCUT2D eigenvalue weighted by Crippen LogP contribution is -2.09. The normalized spacial score (nSPS) is 10.9. The van der Waals surface area contributed by atoms with E-state index in [9.17, 15) is 14.7 Å². The van der Waals surface area contributed by atoms with Gasteiger partial charge in [-0.15, -0.1) is 0 Å². The SMILES string of the molecule is CC(C)c1ccccc1Sc1c(O)cc(-c2ccc(OCC(=O)O)cc2)oc1=O. The fraction of sp³-hybridized carbons (Fsp3) is 0.182. The number of carboxylic acid groups (broad SMARTS) is 1. The molecule has 0 amide bonds. The topological polar surface area (TPSA) is 97.0 Å². The number of ether oxygens (including phenoxy) is 1. The molecule has 0 aliphatic carbocycles. The van der Waals surface area contributed by atoms with E-state index in [0.717, 1.165) is 10.5 Å².